The summed E-state index contributed by atoms with van der Waals surface area (Å²) in [5, 5.41) is 11.1. The fourth-order valence-electron chi connectivity index (χ4n) is 1.69. The van der Waals surface area contributed by atoms with E-state index in [-0.39, 0.29) is 32.7 Å². The van der Waals surface area contributed by atoms with E-state index in [1.165, 1.54) is 4.90 Å². The Morgan fingerprint density at radius 3 is 2.84 bits per heavy atom. The van der Waals surface area contributed by atoms with Crippen LogP contribution in [-0.4, -0.2) is 66.9 Å². The molecule has 8 nitrogen and oxygen atoms in total. The van der Waals surface area contributed by atoms with Crippen LogP contribution in [0.25, 0.3) is 0 Å². The molecule has 108 valence electrons. The lowest BCUT2D eigenvalue weighted by Crippen LogP contribution is -2.50. The third-order valence-corrected chi connectivity index (χ3v) is 2.52. The van der Waals surface area contributed by atoms with E-state index in [2.05, 4.69) is 10.1 Å². The number of hydrogen-bond acceptors (Lipinski definition) is 5. The second-order valence-corrected chi connectivity index (χ2v) is 4.00. The molecule has 1 aliphatic rings. The summed E-state index contributed by atoms with van der Waals surface area (Å²) in [6, 6.07) is -0.424. The number of carbonyl (C=O) groups is 3. The van der Waals surface area contributed by atoms with E-state index in [9.17, 15) is 14.4 Å². The standard InChI is InChI=1S/C11H18N2O6/c1-2-18-10(16)6-12-11(17)13-3-4-19-8(7-13)5-9(14)15/h8H,2-7H2,1H3,(H,12,17)(H,14,15). The molecule has 0 aromatic rings. The molecule has 19 heavy (non-hydrogen) atoms. The van der Waals surface area contributed by atoms with E-state index >= 15 is 0 Å². The number of esters is 1. The number of aliphatic carboxylic acids is 1. The van der Waals surface area contributed by atoms with Gasteiger partial charge < -0.3 is 24.8 Å². The van der Waals surface area contributed by atoms with Crippen LogP contribution in [0.3, 0.4) is 0 Å². The lowest BCUT2D eigenvalue weighted by Gasteiger charge is -2.32. The van der Waals surface area contributed by atoms with Crippen LogP contribution in [0.2, 0.25) is 0 Å². The molecule has 1 rings (SSSR count). The highest BCUT2D eigenvalue weighted by atomic mass is 16.5. The van der Waals surface area contributed by atoms with E-state index in [0.717, 1.165) is 0 Å². The zero-order valence-corrected chi connectivity index (χ0v) is 10.8. The number of nitrogens with one attached hydrogen (secondary N) is 1. The molecule has 2 N–H and O–H groups in total. The summed E-state index contributed by atoms with van der Waals surface area (Å²) in [5.74, 6) is -1.48. The van der Waals surface area contributed by atoms with E-state index in [1.807, 2.05) is 0 Å². The zero-order valence-electron chi connectivity index (χ0n) is 10.8. The fourth-order valence-corrected chi connectivity index (χ4v) is 1.69. The molecule has 2 amide bonds. The molecule has 8 heteroatoms. The van der Waals surface area contributed by atoms with Crippen molar-refractivity contribution in [2.75, 3.05) is 32.8 Å². The number of carboxylic acids is 1. The lowest BCUT2D eigenvalue weighted by molar-refractivity contribution is -0.142. The number of urea groups is 1. The molecule has 0 aromatic heterocycles. The van der Waals surface area contributed by atoms with Crippen molar-refractivity contribution in [1.82, 2.24) is 10.2 Å². The first-order chi connectivity index (χ1) is 9.02. The highest BCUT2D eigenvalue weighted by Crippen LogP contribution is 2.08. The largest absolute Gasteiger partial charge is 0.481 e. The minimum absolute atomic E-state index is 0.151. The predicted octanol–water partition coefficient (Wildman–Crippen LogP) is -0.565. The molecule has 1 atom stereocenters. The lowest BCUT2D eigenvalue weighted by atomic mass is 10.2. The Labute approximate surface area is 110 Å². The molecule has 0 radical (unpaired) electrons. The molecule has 1 saturated heterocycles. The maximum absolute atomic E-state index is 11.7. The molecular formula is C11H18N2O6. The van der Waals surface area contributed by atoms with Gasteiger partial charge in [-0.1, -0.05) is 0 Å². The normalized spacial score (nSPS) is 18.8. The molecule has 1 heterocycles. The van der Waals surface area contributed by atoms with Gasteiger partial charge in [0.2, 0.25) is 0 Å². The van der Waals surface area contributed by atoms with Gasteiger partial charge in [0.1, 0.15) is 6.54 Å². The predicted molar refractivity (Wildman–Crippen MR) is 63.6 cm³/mol. The zero-order chi connectivity index (χ0) is 14.3. The van der Waals surface area contributed by atoms with Crippen LogP contribution in [0, 0.1) is 0 Å². The first-order valence-electron chi connectivity index (χ1n) is 6.04. The van der Waals surface area contributed by atoms with Crippen molar-refractivity contribution in [3.05, 3.63) is 0 Å². The Balaban J connectivity index is 2.35. The summed E-state index contributed by atoms with van der Waals surface area (Å²) in [7, 11) is 0. The molecule has 0 aromatic carbocycles. The number of hydrogen-bond donors (Lipinski definition) is 2. The van der Waals surface area contributed by atoms with Crippen molar-refractivity contribution in [3.8, 4) is 0 Å². The summed E-state index contributed by atoms with van der Waals surface area (Å²) in [5.41, 5.74) is 0. The van der Waals surface area contributed by atoms with Gasteiger partial charge in [-0.3, -0.25) is 9.59 Å². The van der Waals surface area contributed by atoms with E-state index in [1.54, 1.807) is 6.92 Å². The minimum Gasteiger partial charge on any atom is -0.481 e. The van der Waals surface area contributed by atoms with Gasteiger partial charge in [-0.2, -0.15) is 0 Å². The second kappa shape index (κ2) is 7.57. The Morgan fingerprint density at radius 1 is 1.47 bits per heavy atom. The van der Waals surface area contributed by atoms with Crippen molar-refractivity contribution in [1.29, 1.82) is 0 Å². The maximum atomic E-state index is 11.7. The monoisotopic (exact) mass is 274 g/mol. The van der Waals surface area contributed by atoms with Crippen LogP contribution in [0.15, 0.2) is 0 Å². The SMILES string of the molecule is CCOC(=O)CNC(=O)N1CCOC(CC(=O)O)C1. The van der Waals surface area contributed by atoms with Crippen LogP contribution < -0.4 is 5.32 Å². The van der Waals surface area contributed by atoms with Gasteiger partial charge in [0, 0.05) is 13.1 Å². The smallest absolute Gasteiger partial charge is 0.325 e. The van der Waals surface area contributed by atoms with Crippen LogP contribution in [0.1, 0.15) is 13.3 Å². The Morgan fingerprint density at radius 2 is 2.21 bits per heavy atom. The highest BCUT2D eigenvalue weighted by molar-refractivity contribution is 5.81. The van der Waals surface area contributed by atoms with Crippen molar-refractivity contribution >= 4 is 18.0 Å². The van der Waals surface area contributed by atoms with Crippen LogP contribution >= 0.6 is 0 Å². The topological polar surface area (TPSA) is 105 Å². The molecule has 0 bridgehead atoms. The average molecular weight is 274 g/mol. The van der Waals surface area contributed by atoms with Crippen molar-refractivity contribution in [2.45, 2.75) is 19.4 Å². The van der Waals surface area contributed by atoms with Gasteiger partial charge in [-0.15, -0.1) is 0 Å². The van der Waals surface area contributed by atoms with Gasteiger partial charge in [-0.05, 0) is 6.92 Å². The maximum Gasteiger partial charge on any atom is 0.325 e. The van der Waals surface area contributed by atoms with Gasteiger partial charge in [0.15, 0.2) is 0 Å². The molecule has 0 spiro atoms. The first kappa shape index (κ1) is 15.2. The van der Waals surface area contributed by atoms with Gasteiger partial charge >= 0.3 is 18.0 Å². The van der Waals surface area contributed by atoms with Gasteiger partial charge in [0.25, 0.3) is 0 Å². The van der Waals surface area contributed by atoms with E-state index in [0.29, 0.717) is 6.54 Å². The number of morpholine rings is 1. The number of ether oxygens (including phenoxy) is 2. The summed E-state index contributed by atoms with van der Waals surface area (Å²) < 4.78 is 9.92. The summed E-state index contributed by atoms with van der Waals surface area (Å²) in [4.78, 5) is 34.8. The first-order valence-corrected chi connectivity index (χ1v) is 6.04. The fraction of sp³-hybridized carbons (Fsp3) is 0.727. The second-order valence-electron chi connectivity index (χ2n) is 4.00. The van der Waals surface area contributed by atoms with Crippen molar-refractivity contribution in [2.24, 2.45) is 0 Å². The van der Waals surface area contributed by atoms with Gasteiger partial charge in [-0.25, -0.2) is 4.79 Å². The van der Waals surface area contributed by atoms with Crippen molar-refractivity contribution in [3.63, 3.8) is 0 Å². The average Bonchev–Trinajstić information content (AvgIpc) is 2.36. The third kappa shape index (κ3) is 5.56. The van der Waals surface area contributed by atoms with Crippen molar-refractivity contribution < 1.29 is 29.0 Å². The Kier molecular flexibility index (Phi) is 6.07. The van der Waals surface area contributed by atoms with E-state index < -0.39 is 24.1 Å². The third-order valence-electron chi connectivity index (χ3n) is 2.52. The number of rotatable bonds is 5. The number of carbonyl (C=O) groups excluding carboxylic acids is 2. The minimum atomic E-state index is -0.973. The van der Waals surface area contributed by atoms with E-state index in [4.69, 9.17) is 9.84 Å². The number of carboxylic acid groups (broad SMARTS) is 1. The highest BCUT2D eigenvalue weighted by Gasteiger charge is 2.26. The van der Waals surface area contributed by atoms with Crippen LogP contribution in [0.5, 0.6) is 0 Å². The summed E-state index contributed by atoms with van der Waals surface area (Å²) >= 11 is 0. The summed E-state index contributed by atoms with van der Waals surface area (Å²) in [6.45, 7) is 2.58. The quantitative estimate of drug-likeness (QED) is 0.651. The Bertz CT molecular complexity index is 346. The number of amides is 2. The summed E-state index contributed by atoms with van der Waals surface area (Å²) in [6.07, 6.45) is -0.665. The molecule has 1 unspecified atom stereocenters. The Hall–Kier alpha value is -1.83. The van der Waals surface area contributed by atoms with Crippen LogP contribution in [-0.2, 0) is 19.1 Å². The molecular weight excluding hydrogens is 256 g/mol. The van der Waals surface area contributed by atoms with Crippen LogP contribution in [0.4, 0.5) is 4.79 Å². The van der Waals surface area contributed by atoms with Gasteiger partial charge in [0.05, 0.1) is 25.7 Å². The number of nitrogens with zero attached hydrogens (tertiary/aromatic N) is 1. The molecule has 1 aliphatic heterocycles. The molecule has 0 aliphatic carbocycles. The molecule has 0 saturated carbocycles. The molecule has 1 fully saturated rings.